The van der Waals surface area contributed by atoms with Gasteiger partial charge in [-0.1, -0.05) is 0 Å². The van der Waals surface area contributed by atoms with Crippen LogP contribution in [0.2, 0.25) is 0 Å². The molecule has 0 aliphatic rings. The van der Waals surface area contributed by atoms with Crippen molar-refractivity contribution >= 4 is 6.41 Å². The third kappa shape index (κ3) is 3.47. The highest BCUT2D eigenvalue weighted by Gasteiger charge is 1.59. The molecule has 1 amide bonds. The van der Waals surface area contributed by atoms with Crippen LogP contribution in [0, 0.1) is 0 Å². The van der Waals surface area contributed by atoms with Crippen LogP contribution in [0.3, 0.4) is 0 Å². The van der Waals surface area contributed by atoms with Crippen LogP contribution in [0.1, 0.15) is 13.7 Å². The summed E-state index contributed by atoms with van der Waals surface area (Å²) < 4.78 is 33.2. The molecule has 0 bridgehead atoms. The Morgan fingerprint density at radius 3 is 3.60 bits per heavy atom. The molecule has 30 valence electrons. The molecular formula is C3H7NO. The van der Waals surface area contributed by atoms with Crippen LogP contribution < -0.4 is 5.32 Å². The Kier molecular flexibility index (Phi) is 0.521. The van der Waals surface area contributed by atoms with Gasteiger partial charge in [0.05, 0.1) is 0 Å². The maximum absolute atomic E-state index is 9.67. The summed E-state index contributed by atoms with van der Waals surface area (Å²) in [6.07, 6.45) is 0.0202. The second-order valence-corrected chi connectivity index (χ2v) is 0.387. The number of carbonyl (C=O) groups is 1. The van der Waals surface area contributed by atoms with Gasteiger partial charge in [0.15, 0.2) is 0 Å². The van der Waals surface area contributed by atoms with E-state index in [0.29, 0.717) is 0 Å². The van der Waals surface area contributed by atoms with E-state index in [1.165, 1.54) is 0 Å². The molecule has 2 heteroatoms. The Balaban J connectivity index is 4.23. The van der Waals surface area contributed by atoms with E-state index in [0.717, 1.165) is 0 Å². The zero-order chi connectivity index (χ0) is 8.41. The Hall–Kier alpha value is -0.530. The average molecular weight is 78.1 g/mol. The van der Waals surface area contributed by atoms with Crippen LogP contribution in [0.5, 0.6) is 0 Å². The lowest BCUT2D eigenvalue weighted by Gasteiger charge is -1.78. The first-order valence-electron chi connectivity index (χ1n) is 3.52. The normalized spacial score (nSPS) is 26.8. The topological polar surface area (TPSA) is 29.1 Å². The minimum Gasteiger partial charge on any atom is -0.359 e. The van der Waals surface area contributed by atoms with Crippen LogP contribution in [-0.4, -0.2) is 12.9 Å². The van der Waals surface area contributed by atoms with Crippen LogP contribution in [0.15, 0.2) is 0 Å². The van der Waals surface area contributed by atoms with E-state index in [1.807, 2.05) is 0 Å². The quantitative estimate of drug-likeness (QED) is 0.453. The summed E-state index contributed by atoms with van der Waals surface area (Å²) in [6, 6.07) is 0. The Bertz CT molecular complexity index is 129. The molecule has 5 heavy (non-hydrogen) atoms. The summed E-state index contributed by atoms with van der Waals surface area (Å²) in [5.74, 6) is 0. The fourth-order valence-electron chi connectivity index (χ4n) is 0.0295. The molecule has 0 aromatic heterocycles. The maximum atomic E-state index is 9.67. The van der Waals surface area contributed by atoms with Crippen molar-refractivity contribution in [3.63, 3.8) is 0 Å². The monoisotopic (exact) mass is 78.1 g/mol. The third-order valence-electron chi connectivity index (χ3n) is 0.131. The van der Waals surface area contributed by atoms with E-state index in [9.17, 15) is 4.79 Å². The van der Waals surface area contributed by atoms with Gasteiger partial charge in [-0.2, -0.15) is 0 Å². The summed E-state index contributed by atoms with van der Waals surface area (Å²) in [7, 11) is 0. The highest BCUT2D eigenvalue weighted by atomic mass is 16.1. The SMILES string of the molecule is [2H]C([2H])([2H])C([2H])([2H])NC=O. The van der Waals surface area contributed by atoms with Gasteiger partial charge >= 0.3 is 0 Å². The molecule has 0 saturated heterocycles. The fourth-order valence-corrected chi connectivity index (χ4v) is 0.0295. The van der Waals surface area contributed by atoms with Crippen LogP contribution in [0.25, 0.3) is 0 Å². The summed E-state index contributed by atoms with van der Waals surface area (Å²) in [5, 5.41) is 1.55. The molecule has 2 nitrogen and oxygen atoms in total. The van der Waals surface area contributed by atoms with Gasteiger partial charge < -0.3 is 5.32 Å². The van der Waals surface area contributed by atoms with Crippen molar-refractivity contribution in [2.24, 2.45) is 0 Å². The molecule has 0 fully saturated rings. The van der Waals surface area contributed by atoms with E-state index in [1.54, 1.807) is 5.32 Å². The minimum atomic E-state index is -2.81. The van der Waals surface area contributed by atoms with Crippen molar-refractivity contribution in [3.05, 3.63) is 0 Å². The summed E-state index contributed by atoms with van der Waals surface area (Å²) in [5.41, 5.74) is 0. The molecule has 0 aliphatic heterocycles. The van der Waals surface area contributed by atoms with Crippen molar-refractivity contribution in [1.82, 2.24) is 5.32 Å². The molecular weight excluding hydrogens is 66.0 g/mol. The lowest BCUT2D eigenvalue weighted by Crippen LogP contribution is -2.07. The Morgan fingerprint density at radius 1 is 2.60 bits per heavy atom. The zero-order valence-electron chi connectivity index (χ0n) is 7.49. The van der Waals surface area contributed by atoms with Crippen molar-refractivity contribution in [1.29, 1.82) is 0 Å². The van der Waals surface area contributed by atoms with Crippen molar-refractivity contribution in [3.8, 4) is 0 Å². The zero-order valence-corrected chi connectivity index (χ0v) is 2.49. The molecule has 0 aliphatic carbocycles. The number of rotatable bonds is 2. The van der Waals surface area contributed by atoms with Gasteiger partial charge in [0.1, 0.15) is 0 Å². The van der Waals surface area contributed by atoms with Crippen LogP contribution in [0.4, 0.5) is 0 Å². The summed E-state index contributed by atoms with van der Waals surface area (Å²) >= 11 is 0. The molecule has 0 aromatic carbocycles. The molecule has 0 aromatic rings. The van der Waals surface area contributed by atoms with E-state index in [2.05, 4.69) is 0 Å². The lowest BCUT2D eigenvalue weighted by atomic mass is 10.8. The number of nitrogens with one attached hydrogen (secondary N) is 1. The van der Waals surface area contributed by atoms with Gasteiger partial charge in [0.2, 0.25) is 6.41 Å². The number of amides is 1. The number of hydrogen-bond acceptors (Lipinski definition) is 1. The van der Waals surface area contributed by atoms with E-state index >= 15 is 0 Å². The Morgan fingerprint density at radius 2 is 3.40 bits per heavy atom. The van der Waals surface area contributed by atoms with Gasteiger partial charge in [-0.15, -0.1) is 0 Å². The first-order valence-corrected chi connectivity index (χ1v) is 1.02. The summed E-state index contributed by atoms with van der Waals surface area (Å²) in [6.45, 7) is -5.44. The van der Waals surface area contributed by atoms with E-state index in [4.69, 9.17) is 6.85 Å². The molecule has 0 rings (SSSR count). The van der Waals surface area contributed by atoms with Crippen molar-refractivity contribution < 1.29 is 11.6 Å². The van der Waals surface area contributed by atoms with E-state index in [-0.39, 0.29) is 6.41 Å². The number of carbonyl (C=O) groups excluding carboxylic acids is 1. The van der Waals surface area contributed by atoms with Crippen molar-refractivity contribution in [2.45, 2.75) is 6.85 Å². The predicted octanol–water partition coefficient (Wildman–Crippen LogP) is -0.248. The van der Waals surface area contributed by atoms with Gasteiger partial charge in [0, 0.05) is 13.4 Å². The molecule has 0 atom stereocenters. The molecule has 0 spiro atoms. The highest BCUT2D eigenvalue weighted by molar-refractivity contribution is 5.45. The fraction of sp³-hybridized carbons (Fsp3) is 0.667. The summed E-state index contributed by atoms with van der Waals surface area (Å²) in [4.78, 5) is 9.67. The lowest BCUT2D eigenvalue weighted by molar-refractivity contribution is -0.109. The largest absolute Gasteiger partial charge is 0.359 e. The molecule has 0 saturated carbocycles. The van der Waals surface area contributed by atoms with E-state index < -0.39 is 13.3 Å². The minimum absolute atomic E-state index is 0.0202. The first kappa shape index (κ1) is 0.750. The van der Waals surface area contributed by atoms with Gasteiger partial charge in [-0.25, -0.2) is 0 Å². The second kappa shape index (κ2) is 3.47. The second-order valence-electron chi connectivity index (χ2n) is 0.387. The first-order chi connectivity index (χ1) is 4.31. The molecule has 0 radical (unpaired) electrons. The van der Waals surface area contributed by atoms with Gasteiger partial charge in [0.25, 0.3) is 0 Å². The maximum Gasteiger partial charge on any atom is 0.207 e. The van der Waals surface area contributed by atoms with Crippen molar-refractivity contribution in [2.75, 3.05) is 6.50 Å². The van der Waals surface area contributed by atoms with Gasteiger partial charge in [-0.3, -0.25) is 4.79 Å². The predicted molar refractivity (Wildman–Crippen MR) is 19.7 cm³/mol. The Labute approximate surface area is 38.2 Å². The van der Waals surface area contributed by atoms with Crippen LogP contribution in [-0.2, 0) is 4.79 Å². The highest BCUT2D eigenvalue weighted by Crippen LogP contribution is 1.37. The third-order valence-corrected chi connectivity index (χ3v) is 0.131. The molecule has 1 N–H and O–H groups in total. The smallest absolute Gasteiger partial charge is 0.207 e. The van der Waals surface area contributed by atoms with Gasteiger partial charge in [-0.05, 0) is 6.85 Å². The standard InChI is InChI=1S/C3H7NO/c1-2-4-3-5/h3H,2H2,1H3,(H,4,5)/i1D3,2D2. The molecule has 0 heterocycles. The number of hydrogen-bond donors (Lipinski definition) is 1. The average Bonchev–Trinajstić information content (AvgIpc) is 1.61. The van der Waals surface area contributed by atoms with Crippen LogP contribution >= 0.6 is 0 Å². The molecule has 0 unspecified atom stereocenters.